The number of carbonyl (C=O) groups excluding carboxylic acids is 3. The first-order valence-corrected chi connectivity index (χ1v) is 8.64. The Balaban J connectivity index is 2.52. The topological polar surface area (TPSA) is 69.7 Å². The molecule has 5 heteroatoms. The minimum Gasteiger partial charge on any atom is -0.479 e. The van der Waals surface area contributed by atoms with E-state index in [4.69, 9.17) is 9.47 Å². The van der Waals surface area contributed by atoms with Crippen molar-refractivity contribution >= 4 is 17.5 Å². The molecule has 0 radical (unpaired) electrons. The second-order valence-corrected chi connectivity index (χ2v) is 8.37. The average Bonchev–Trinajstić information content (AvgIpc) is 2.49. The third-order valence-electron chi connectivity index (χ3n) is 3.99. The SMILES string of the molecule is CC(C)=CCC1=C(OC(=O)C(C)(C)C)C(=O)C2=C(C=CC(C)(C)O2)C1=O. The Hall–Kier alpha value is -2.43. The van der Waals surface area contributed by atoms with Crippen LogP contribution in [0.5, 0.6) is 0 Å². The first kappa shape index (κ1) is 19.9. The van der Waals surface area contributed by atoms with Crippen LogP contribution in [0.4, 0.5) is 0 Å². The van der Waals surface area contributed by atoms with Crippen molar-refractivity contribution in [2.75, 3.05) is 0 Å². The van der Waals surface area contributed by atoms with E-state index in [9.17, 15) is 14.4 Å². The molecule has 0 aromatic rings. The number of rotatable bonds is 3. The van der Waals surface area contributed by atoms with Gasteiger partial charge in [0.25, 0.3) is 5.78 Å². The lowest BCUT2D eigenvalue weighted by Gasteiger charge is -2.32. The van der Waals surface area contributed by atoms with Crippen LogP contribution in [0.25, 0.3) is 0 Å². The van der Waals surface area contributed by atoms with E-state index < -0.39 is 22.8 Å². The molecular weight excluding hydrogens is 332 g/mol. The van der Waals surface area contributed by atoms with Gasteiger partial charge in [-0.1, -0.05) is 11.6 Å². The van der Waals surface area contributed by atoms with Gasteiger partial charge < -0.3 is 9.47 Å². The van der Waals surface area contributed by atoms with Crippen LogP contribution < -0.4 is 0 Å². The molecule has 0 aromatic heterocycles. The fraction of sp³-hybridized carbons (Fsp3) is 0.476. The van der Waals surface area contributed by atoms with Crippen molar-refractivity contribution in [1.82, 2.24) is 0 Å². The van der Waals surface area contributed by atoms with E-state index in [1.807, 2.05) is 19.9 Å². The van der Waals surface area contributed by atoms with Gasteiger partial charge in [-0.15, -0.1) is 0 Å². The molecule has 0 unspecified atom stereocenters. The van der Waals surface area contributed by atoms with E-state index in [0.717, 1.165) is 5.57 Å². The number of Topliss-reactive ketones (excluding diaryl/α,β-unsaturated/α-hetero) is 2. The maximum atomic E-state index is 13.0. The van der Waals surface area contributed by atoms with Crippen LogP contribution in [0, 0.1) is 5.41 Å². The average molecular weight is 358 g/mol. The first-order valence-electron chi connectivity index (χ1n) is 8.64. The monoisotopic (exact) mass is 358 g/mol. The molecule has 2 aliphatic rings. The second kappa shape index (κ2) is 6.71. The van der Waals surface area contributed by atoms with Crippen molar-refractivity contribution in [3.63, 3.8) is 0 Å². The molecule has 1 aliphatic carbocycles. The molecule has 0 saturated heterocycles. The minimum absolute atomic E-state index is 0.0554. The second-order valence-electron chi connectivity index (χ2n) is 8.37. The molecule has 0 bridgehead atoms. The number of esters is 1. The molecule has 0 atom stereocenters. The molecule has 0 fully saturated rings. The van der Waals surface area contributed by atoms with Gasteiger partial charge in [-0.2, -0.15) is 0 Å². The van der Waals surface area contributed by atoms with E-state index in [2.05, 4.69) is 0 Å². The van der Waals surface area contributed by atoms with Crippen LogP contribution >= 0.6 is 0 Å². The van der Waals surface area contributed by atoms with Crippen molar-refractivity contribution in [3.8, 4) is 0 Å². The van der Waals surface area contributed by atoms with Gasteiger partial charge in [-0.25, -0.2) is 0 Å². The van der Waals surface area contributed by atoms with Crippen LogP contribution in [0.1, 0.15) is 54.9 Å². The molecule has 0 N–H and O–H groups in total. The molecular formula is C21H26O5. The highest BCUT2D eigenvalue weighted by Gasteiger charge is 2.41. The van der Waals surface area contributed by atoms with Gasteiger partial charge >= 0.3 is 5.97 Å². The van der Waals surface area contributed by atoms with Crippen molar-refractivity contribution in [2.45, 2.75) is 60.5 Å². The number of ketones is 2. The molecule has 0 aromatic carbocycles. The van der Waals surface area contributed by atoms with Crippen LogP contribution in [-0.4, -0.2) is 23.1 Å². The molecule has 1 heterocycles. The van der Waals surface area contributed by atoms with E-state index in [0.29, 0.717) is 0 Å². The molecule has 2 rings (SSSR count). The van der Waals surface area contributed by atoms with Crippen LogP contribution in [0.15, 0.2) is 46.5 Å². The van der Waals surface area contributed by atoms with Gasteiger partial charge in [0.2, 0.25) is 0 Å². The summed E-state index contributed by atoms with van der Waals surface area (Å²) in [7, 11) is 0. The Morgan fingerprint density at radius 3 is 2.35 bits per heavy atom. The van der Waals surface area contributed by atoms with Crippen LogP contribution in [0.3, 0.4) is 0 Å². The highest BCUT2D eigenvalue weighted by molar-refractivity contribution is 6.25. The van der Waals surface area contributed by atoms with Gasteiger partial charge in [0.05, 0.1) is 16.6 Å². The van der Waals surface area contributed by atoms with Gasteiger partial charge in [0, 0.05) is 0 Å². The number of hydrogen-bond acceptors (Lipinski definition) is 5. The highest BCUT2D eigenvalue weighted by atomic mass is 16.6. The number of allylic oxidation sites excluding steroid dienone is 5. The summed E-state index contributed by atoms with van der Waals surface area (Å²) in [6, 6.07) is 0. The lowest BCUT2D eigenvalue weighted by Crippen LogP contribution is -2.35. The first-order chi connectivity index (χ1) is 11.8. The summed E-state index contributed by atoms with van der Waals surface area (Å²) in [4.78, 5) is 38.3. The zero-order valence-electron chi connectivity index (χ0n) is 16.5. The Labute approximate surface area is 154 Å². The predicted octanol–water partition coefficient (Wildman–Crippen LogP) is 3.96. The zero-order valence-corrected chi connectivity index (χ0v) is 16.5. The molecule has 0 saturated carbocycles. The lowest BCUT2D eigenvalue weighted by atomic mass is 9.87. The van der Waals surface area contributed by atoms with Crippen molar-refractivity contribution < 1.29 is 23.9 Å². The maximum absolute atomic E-state index is 13.0. The van der Waals surface area contributed by atoms with E-state index in [-0.39, 0.29) is 34.9 Å². The summed E-state index contributed by atoms with van der Waals surface area (Å²) in [6.45, 7) is 12.4. The number of ether oxygens (including phenoxy) is 2. The van der Waals surface area contributed by atoms with Gasteiger partial charge in [0.15, 0.2) is 17.3 Å². The predicted molar refractivity (Wildman–Crippen MR) is 98.0 cm³/mol. The normalized spacial score (nSPS) is 19.2. The fourth-order valence-electron chi connectivity index (χ4n) is 2.41. The van der Waals surface area contributed by atoms with E-state index >= 15 is 0 Å². The summed E-state index contributed by atoms with van der Waals surface area (Å²) >= 11 is 0. The minimum atomic E-state index is -0.806. The smallest absolute Gasteiger partial charge is 0.316 e. The van der Waals surface area contributed by atoms with Crippen LogP contribution in [0.2, 0.25) is 0 Å². The fourth-order valence-corrected chi connectivity index (χ4v) is 2.41. The van der Waals surface area contributed by atoms with E-state index in [1.165, 1.54) is 0 Å². The molecule has 5 nitrogen and oxygen atoms in total. The molecule has 140 valence electrons. The Morgan fingerprint density at radius 1 is 1.19 bits per heavy atom. The van der Waals surface area contributed by atoms with Gasteiger partial charge in [-0.3, -0.25) is 14.4 Å². The number of hydrogen-bond donors (Lipinski definition) is 0. The summed E-state index contributed by atoms with van der Waals surface area (Å²) in [5, 5.41) is 0. The van der Waals surface area contributed by atoms with Crippen molar-refractivity contribution in [3.05, 3.63) is 46.5 Å². The van der Waals surface area contributed by atoms with Crippen LogP contribution in [-0.2, 0) is 23.9 Å². The van der Waals surface area contributed by atoms with Crippen molar-refractivity contribution in [1.29, 1.82) is 0 Å². The maximum Gasteiger partial charge on any atom is 0.316 e. The molecule has 1 aliphatic heterocycles. The Kier molecular flexibility index (Phi) is 5.13. The Bertz CT molecular complexity index is 791. The summed E-state index contributed by atoms with van der Waals surface area (Å²) in [5.41, 5.74) is -0.136. The third-order valence-corrected chi connectivity index (χ3v) is 3.99. The third kappa shape index (κ3) is 4.03. The standard InChI is InChI=1S/C21H26O5/c1-12(2)8-9-13-15(22)14-10-11-21(6,7)26-18(14)16(23)17(13)25-19(24)20(3,4)5/h8,10-11H,9H2,1-7H3. The quantitative estimate of drug-likeness (QED) is 0.434. The summed E-state index contributed by atoms with van der Waals surface area (Å²) in [6.07, 6.45) is 5.40. The van der Waals surface area contributed by atoms with Gasteiger partial charge in [0.1, 0.15) is 5.60 Å². The van der Waals surface area contributed by atoms with E-state index in [1.54, 1.807) is 46.8 Å². The largest absolute Gasteiger partial charge is 0.479 e. The lowest BCUT2D eigenvalue weighted by molar-refractivity contribution is -0.151. The summed E-state index contributed by atoms with van der Waals surface area (Å²) < 4.78 is 11.1. The number of carbonyl (C=O) groups is 3. The molecule has 0 amide bonds. The van der Waals surface area contributed by atoms with Gasteiger partial charge in [-0.05, 0) is 67.0 Å². The molecule has 26 heavy (non-hydrogen) atoms. The zero-order chi connectivity index (χ0) is 19.9. The van der Waals surface area contributed by atoms with Crippen molar-refractivity contribution in [2.24, 2.45) is 5.41 Å². The Morgan fingerprint density at radius 2 is 1.81 bits per heavy atom. The summed E-state index contributed by atoms with van der Waals surface area (Å²) in [5.74, 6) is -1.76. The highest BCUT2D eigenvalue weighted by Crippen LogP contribution is 2.36. The molecule has 0 spiro atoms.